The van der Waals surface area contributed by atoms with Crippen molar-refractivity contribution in [2.24, 2.45) is 0 Å². The van der Waals surface area contributed by atoms with Crippen LogP contribution in [0.4, 0.5) is 4.39 Å². The number of carbonyl (C=O) groups excluding carboxylic acids is 1. The third kappa shape index (κ3) is 4.25. The quantitative estimate of drug-likeness (QED) is 0.830. The zero-order valence-electron chi connectivity index (χ0n) is 14.1. The Morgan fingerprint density at radius 3 is 2.42 bits per heavy atom. The standard InChI is InChI=1S/C19H22FNO3/c1-4-23-17-11-10-14(12-18(17)24-5-2)13(3)21-19(22)15-8-6-7-9-16(15)20/h6-13H,4-5H2,1-3H3,(H,21,22). The fraction of sp³-hybridized carbons (Fsp3) is 0.316. The number of benzene rings is 2. The molecule has 5 heteroatoms. The van der Waals surface area contributed by atoms with E-state index in [0.717, 1.165) is 5.56 Å². The molecule has 0 spiro atoms. The van der Waals surface area contributed by atoms with Crippen LogP contribution in [0.1, 0.15) is 42.7 Å². The SMILES string of the molecule is CCOc1ccc(C(C)NC(=O)c2ccccc2F)cc1OCC. The monoisotopic (exact) mass is 331 g/mol. The van der Waals surface area contributed by atoms with E-state index in [4.69, 9.17) is 9.47 Å². The minimum Gasteiger partial charge on any atom is -0.490 e. The third-order valence-electron chi connectivity index (χ3n) is 3.53. The van der Waals surface area contributed by atoms with Crippen LogP contribution < -0.4 is 14.8 Å². The van der Waals surface area contributed by atoms with Crippen molar-refractivity contribution >= 4 is 5.91 Å². The van der Waals surface area contributed by atoms with Gasteiger partial charge in [-0.2, -0.15) is 0 Å². The molecule has 4 nitrogen and oxygen atoms in total. The van der Waals surface area contributed by atoms with Gasteiger partial charge in [0.25, 0.3) is 5.91 Å². The Bertz CT molecular complexity index is 703. The molecule has 1 N–H and O–H groups in total. The molecule has 24 heavy (non-hydrogen) atoms. The lowest BCUT2D eigenvalue weighted by Gasteiger charge is -2.17. The lowest BCUT2D eigenvalue weighted by atomic mass is 10.1. The molecule has 1 unspecified atom stereocenters. The highest BCUT2D eigenvalue weighted by atomic mass is 19.1. The molecule has 0 fully saturated rings. The summed E-state index contributed by atoms with van der Waals surface area (Å²) in [7, 11) is 0. The van der Waals surface area contributed by atoms with Gasteiger partial charge in [-0.15, -0.1) is 0 Å². The normalized spacial score (nSPS) is 11.7. The molecule has 0 aromatic heterocycles. The molecule has 0 saturated heterocycles. The molecular formula is C19H22FNO3. The number of nitrogens with one attached hydrogen (secondary N) is 1. The summed E-state index contributed by atoms with van der Waals surface area (Å²) in [6.45, 7) is 6.69. The molecule has 0 aliphatic carbocycles. The topological polar surface area (TPSA) is 47.6 Å². The molecule has 1 amide bonds. The van der Waals surface area contributed by atoms with Gasteiger partial charge in [-0.25, -0.2) is 4.39 Å². The zero-order valence-corrected chi connectivity index (χ0v) is 14.1. The number of halogens is 1. The number of rotatable bonds is 7. The van der Waals surface area contributed by atoms with Gasteiger partial charge in [-0.3, -0.25) is 4.79 Å². The Kier molecular flexibility index (Phi) is 6.18. The number of carbonyl (C=O) groups is 1. The molecule has 0 saturated carbocycles. The van der Waals surface area contributed by atoms with Crippen LogP contribution in [0.15, 0.2) is 42.5 Å². The minimum atomic E-state index is -0.538. The predicted molar refractivity (Wildman–Crippen MR) is 91.1 cm³/mol. The Balaban J connectivity index is 2.17. The van der Waals surface area contributed by atoms with Gasteiger partial charge in [0.05, 0.1) is 24.8 Å². The summed E-state index contributed by atoms with van der Waals surface area (Å²) in [5, 5.41) is 2.80. The van der Waals surface area contributed by atoms with Crippen LogP contribution >= 0.6 is 0 Å². The second-order valence-electron chi connectivity index (χ2n) is 5.25. The summed E-state index contributed by atoms with van der Waals surface area (Å²) in [4.78, 5) is 12.2. The second kappa shape index (κ2) is 8.34. The average Bonchev–Trinajstić information content (AvgIpc) is 2.57. The van der Waals surface area contributed by atoms with Crippen LogP contribution in [-0.2, 0) is 0 Å². The van der Waals surface area contributed by atoms with E-state index in [1.807, 2.05) is 39.0 Å². The van der Waals surface area contributed by atoms with Crippen molar-refractivity contribution in [3.05, 3.63) is 59.4 Å². The lowest BCUT2D eigenvalue weighted by Crippen LogP contribution is -2.27. The van der Waals surface area contributed by atoms with Crippen molar-refractivity contribution in [2.75, 3.05) is 13.2 Å². The van der Waals surface area contributed by atoms with Crippen molar-refractivity contribution < 1.29 is 18.7 Å². The largest absolute Gasteiger partial charge is 0.490 e. The fourth-order valence-electron chi connectivity index (χ4n) is 2.34. The van der Waals surface area contributed by atoms with E-state index in [-0.39, 0.29) is 11.6 Å². The first-order chi connectivity index (χ1) is 11.6. The first-order valence-corrected chi connectivity index (χ1v) is 8.01. The third-order valence-corrected chi connectivity index (χ3v) is 3.53. The zero-order chi connectivity index (χ0) is 17.5. The van der Waals surface area contributed by atoms with Crippen LogP contribution in [0.5, 0.6) is 11.5 Å². The maximum atomic E-state index is 13.7. The van der Waals surface area contributed by atoms with Crippen LogP contribution in [0, 0.1) is 5.82 Å². The summed E-state index contributed by atoms with van der Waals surface area (Å²) in [5.41, 5.74) is 0.881. The van der Waals surface area contributed by atoms with Gasteiger partial charge in [-0.1, -0.05) is 18.2 Å². The van der Waals surface area contributed by atoms with Crippen molar-refractivity contribution in [1.29, 1.82) is 0 Å². The van der Waals surface area contributed by atoms with Gasteiger partial charge in [0.2, 0.25) is 0 Å². The molecule has 2 aromatic carbocycles. The Morgan fingerprint density at radius 1 is 1.08 bits per heavy atom. The molecule has 2 rings (SSSR count). The minimum absolute atomic E-state index is 0.0281. The van der Waals surface area contributed by atoms with E-state index < -0.39 is 11.7 Å². The van der Waals surface area contributed by atoms with E-state index in [1.54, 1.807) is 12.1 Å². The van der Waals surface area contributed by atoms with Crippen LogP contribution in [0.2, 0.25) is 0 Å². The molecule has 2 aromatic rings. The highest BCUT2D eigenvalue weighted by Crippen LogP contribution is 2.30. The van der Waals surface area contributed by atoms with E-state index in [2.05, 4.69) is 5.32 Å². The summed E-state index contributed by atoms with van der Waals surface area (Å²) in [6, 6.07) is 11.1. The van der Waals surface area contributed by atoms with Crippen LogP contribution in [-0.4, -0.2) is 19.1 Å². The number of hydrogen-bond donors (Lipinski definition) is 1. The molecule has 0 radical (unpaired) electrons. The Labute approximate surface area is 141 Å². The van der Waals surface area contributed by atoms with Gasteiger partial charge in [0.15, 0.2) is 11.5 Å². The average molecular weight is 331 g/mol. The van der Waals surface area contributed by atoms with E-state index >= 15 is 0 Å². The molecule has 0 aliphatic heterocycles. The second-order valence-corrected chi connectivity index (χ2v) is 5.25. The predicted octanol–water partition coefficient (Wildman–Crippen LogP) is 4.11. The highest BCUT2D eigenvalue weighted by Gasteiger charge is 2.16. The van der Waals surface area contributed by atoms with E-state index in [1.165, 1.54) is 12.1 Å². The molecule has 0 heterocycles. The summed E-state index contributed by atoms with van der Waals surface area (Å²) >= 11 is 0. The van der Waals surface area contributed by atoms with Crippen molar-refractivity contribution in [1.82, 2.24) is 5.32 Å². The molecular weight excluding hydrogens is 309 g/mol. The van der Waals surface area contributed by atoms with Crippen molar-refractivity contribution in [3.63, 3.8) is 0 Å². The van der Waals surface area contributed by atoms with Gasteiger partial charge in [0.1, 0.15) is 5.82 Å². The molecule has 1 atom stereocenters. The first kappa shape index (κ1) is 17.8. The number of hydrogen-bond acceptors (Lipinski definition) is 3. The first-order valence-electron chi connectivity index (χ1n) is 8.01. The summed E-state index contributed by atoms with van der Waals surface area (Å²) in [6.07, 6.45) is 0. The van der Waals surface area contributed by atoms with E-state index in [9.17, 15) is 9.18 Å². The maximum absolute atomic E-state index is 13.7. The van der Waals surface area contributed by atoms with Gasteiger partial charge >= 0.3 is 0 Å². The van der Waals surface area contributed by atoms with Crippen molar-refractivity contribution in [3.8, 4) is 11.5 Å². The number of ether oxygens (including phenoxy) is 2. The highest BCUT2D eigenvalue weighted by molar-refractivity contribution is 5.94. The smallest absolute Gasteiger partial charge is 0.254 e. The Morgan fingerprint density at radius 2 is 1.75 bits per heavy atom. The van der Waals surface area contributed by atoms with E-state index in [0.29, 0.717) is 24.7 Å². The Hall–Kier alpha value is -2.56. The van der Waals surface area contributed by atoms with Crippen LogP contribution in [0.3, 0.4) is 0 Å². The fourth-order valence-corrected chi connectivity index (χ4v) is 2.34. The summed E-state index contributed by atoms with van der Waals surface area (Å²) in [5.74, 6) is 0.302. The van der Waals surface area contributed by atoms with Crippen molar-refractivity contribution in [2.45, 2.75) is 26.8 Å². The maximum Gasteiger partial charge on any atom is 0.254 e. The van der Waals surface area contributed by atoms with Gasteiger partial charge < -0.3 is 14.8 Å². The number of amides is 1. The molecule has 0 aliphatic rings. The molecule has 0 bridgehead atoms. The van der Waals surface area contributed by atoms with Gasteiger partial charge in [0, 0.05) is 0 Å². The summed E-state index contributed by atoms with van der Waals surface area (Å²) < 4.78 is 24.8. The van der Waals surface area contributed by atoms with Gasteiger partial charge in [-0.05, 0) is 50.6 Å². The van der Waals surface area contributed by atoms with Crippen LogP contribution in [0.25, 0.3) is 0 Å². The molecule has 128 valence electrons. The lowest BCUT2D eigenvalue weighted by molar-refractivity contribution is 0.0935.